The molecule has 4 rings (SSSR count). The van der Waals surface area contributed by atoms with Crippen LogP contribution in [0.3, 0.4) is 0 Å². The Morgan fingerprint density at radius 1 is 0.938 bits per heavy atom. The quantitative estimate of drug-likeness (QED) is 0.459. The van der Waals surface area contributed by atoms with Crippen LogP contribution in [0, 0.1) is 5.92 Å². The van der Waals surface area contributed by atoms with Crippen molar-refractivity contribution in [2.24, 2.45) is 5.92 Å². The minimum Gasteiger partial charge on any atom is -0.508 e. The van der Waals surface area contributed by atoms with E-state index in [1.165, 1.54) is 19.2 Å². The Balaban J connectivity index is 1.68. The number of hydrogen-bond donors (Lipinski definition) is 1. The van der Waals surface area contributed by atoms with Gasteiger partial charge in [0.2, 0.25) is 0 Å². The Bertz CT molecular complexity index is 1140. The van der Waals surface area contributed by atoms with Crippen molar-refractivity contribution in [3.63, 3.8) is 0 Å². The number of carbonyl (C=O) groups is 2. The Labute approximate surface area is 185 Å². The van der Waals surface area contributed by atoms with Crippen LogP contribution in [-0.4, -0.2) is 37.7 Å². The Hall–Kier alpha value is -4.00. The van der Waals surface area contributed by atoms with Gasteiger partial charge in [-0.3, -0.25) is 4.79 Å². The van der Waals surface area contributed by atoms with E-state index >= 15 is 0 Å². The Morgan fingerprint density at radius 3 is 2.44 bits per heavy atom. The number of phenols is 1. The third kappa shape index (κ3) is 4.23. The van der Waals surface area contributed by atoms with Crippen molar-refractivity contribution in [3.8, 4) is 23.0 Å². The summed E-state index contributed by atoms with van der Waals surface area (Å²) in [6.07, 6.45) is -0.665. The van der Waals surface area contributed by atoms with Crippen LogP contribution in [-0.2, 0) is 4.74 Å². The zero-order valence-electron chi connectivity index (χ0n) is 17.6. The summed E-state index contributed by atoms with van der Waals surface area (Å²) in [7, 11) is 2.86. The van der Waals surface area contributed by atoms with Gasteiger partial charge in [0.1, 0.15) is 35.7 Å². The molecule has 164 valence electrons. The first kappa shape index (κ1) is 21.2. The van der Waals surface area contributed by atoms with Gasteiger partial charge in [-0.15, -0.1) is 0 Å². The van der Waals surface area contributed by atoms with E-state index in [9.17, 15) is 14.7 Å². The molecule has 0 saturated heterocycles. The van der Waals surface area contributed by atoms with Gasteiger partial charge in [0, 0.05) is 17.2 Å². The lowest BCUT2D eigenvalue weighted by Gasteiger charge is -2.33. The van der Waals surface area contributed by atoms with Gasteiger partial charge in [-0.2, -0.15) is 0 Å². The van der Waals surface area contributed by atoms with E-state index in [1.54, 1.807) is 61.7 Å². The number of fused-ring (bicyclic) bond motifs is 1. The van der Waals surface area contributed by atoms with E-state index in [2.05, 4.69) is 0 Å². The zero-order valence-corrected chi connectivity index (χ0v) is 17.6. The lowest BCUT2D eigenvalue weighted by Crippen LogP contribution is -2.35. The molecule has 0 amide bonds. The first-order chi connectivity index (χ1) is 15.5. The van der Waals surface area contributed by atoms with Gasteiger partial charge in [-0.1, -0.05) is 12.1 Å². The number of hydrogen-bond acceptors (Lipinski definition) is 7. The summed E-state index contributed by atoms with van der Waals surface area (Å²) < 4.78 is 22.0. The molecule has 0 bridgehead atoms. The summed E-state index contributed by atoms with van der Waals surface area (Å²) >= 11 is 0. The number of ether oxygens (including phenoxy) is 4. The second-order valence-electron chi connectivity index (χ2n) is 7.29. The first-order valence-corrected chi connectivity index (χ1v) is 9.99. The van der Waals surface area contributed by atoms with Crippen LogP contribution in [0.2, 0.25) is 0 Å². The van der Waals surface area contributed by atoms with Crippen molar-refractivity contribution >= 4 is 11.8 Å². The third-order valence-electron chi connectivity index (χ3n) is 5.32. The highest BCUT2D eigenvalue weighted by Gasteiger charge is 2.38. The molecular formula is C25H22O7. The predicted molar refractivity (Wildman–Crippen MR) is 116 cm³/mol. The van der Waals surface area contributed by atoms with E-state index in [0.717, 1.165) is 0 Å². The van der Waals surface area contributed by atoms with Crippen LogP contribution < -0.4 is 14.2 Å². The molecule has 3 aromatic rings. The molecule has 2 atom stereocenters. The molecule has 0 spiro atoms. The van der Waals surface area contributed by atoms with Crippen molar-refractivity contribution in [2.45, 2.75) is 6.10 Å². The molecule has 0 radical (unpaired) electrons. The monoisotopic (exact) mass is 434 g/mol. The smallest absolute Gasteiger partial charge is 0.337 e. The maximum absolute atomic E-state index is 13.4. The van der Waals surface area contributed by atoms with Crippen molar-refractivity contribution in [2.75, 3.05) is 20.8 Å². The second kappa shape index (κ2) is 9.01. The molecule has 7 heteroatoms. The summed E-state index contributed by atoms with van der Waals surface area (Å²) in [5.74, 6) is 0.326. The minimum absolute atomic E-state index is 0.0579. The van der Waals surface area contributed by atoms with Crippen LogP contribution in [0.25, 0.3) is 0 Å². The van der Waals surface area contributed by atoms with Crippen molar-refractivity contribution in [1.29, 1.82) is 0 Å². The highest BCUT2D eigenvalue weighted by Crippen LogP contribution is 2.41. The maximum atomic E-state index is 13.4. The van der Waals surface area contributed by atoms with Gasteiger partial charge in [0.15, 0.2) is 5.78 Å². The van der Waals surface area contributed by atoms with E-state index in [4.69, 9.17) is 18.9 Å². The fraction of sp³-hybridized carbons (Fsp3) is 0.200. The topological polar surface area (TPSA) is 91.3 Å². The molecule has 0 aliphatic carbocycles. The lowest BCUT2D eigenvalue weighted by atomic mass is 9.86. The number of phenolic OH excluding ortho intramolecular Hbond substituents is 1. The predicted octanol–water partition coefficient (Wildman–Crippen LogP) is 4.20. The number of Topliss-reactive ketones (excluding diaryl/α,β-unsaturated/α-hetero) is 1. The summed E-state index contributed by atoms with van der Waals surface area (Å²) in [5, 5.41) is 9.84. The van der Waals surface area contributed by atoms with Crippen molar-refractivity contribution in [1.82, 2.24) is 0 Å². The Morgan fingerprint density at radius 2 is 1.72 bits per heavy atom. The average Bonchev–Trinajstić information content (AvgIpc) is 2.83. The molecule has 3 aromatic carbocycles. The Kier molecular flexibility index (Phi) is 5.98. The third-order valence-corrected chi connectivity index (χ3v) is 5.32. The summed E-state index contributed by atoms with van der Waals surface area (Å²) in [4.78, 5) is 25.1. The number of benzene rings is 3. The van der Waals surface area contributed by atoms with E-state index in [-0.39, 0.29) is 18.1 Å². The molecule has 0 fully saturated rings. The summed E-state index contributed by atoms with van der Waals surface area (Å²) in [6.45, 7) is 0.0808. The molecule has 1 N–H and O–H groups in total. The van der Waals surface area contributed by atoms with Crippen LogP contribution in [0.1, 0.15) is 32.4 Å². The van der Waals surface area contributed by atoms with Crippen LogP contribution in [0.4, 0.5) is 0 Å². The largest absolute Gasteiger partial charge is 0.508 e. The van der Waals surface area contributed by atoms with E-state index in [0.29, 0.717) is 33.9 Å². The van der Waals surface area contributed by atoms with Crippen molar-refractivity contribution in [3.05, 3.63) is 83.4 Å². The highest BCUT2D eigenvalue weighted by molar-refractivity contribution is 5.99. The number of carbonyl (C=O) groups excluding carboxylic acids is 2. The number of esters is 1. The number of ketones is 1. The fourth-order valence-electron chi connectivity index (χ4n) is 3.65. The van der Waals surface area contributed by atoms with Gasteiger partial charge in [0.25, 0.3) is 0 Å². The van der Waals surface area contributed by atoms with Crippen LogP contribution in [0.5, 0.6) is 23.0 Å². The molecule has 32 heavy (non-hydrogen) atoms. The molecule has 2 unspecified atom stereocenters. The number of aromatic hydroxyl groups is 1. The fourth-order valence-corrected chi connectivity index (χ4v) is 3.65. The number of rotatable bonds is 6. The van der Waals surface area contributed by atoms with Gasteiger partial charge in [-0.05, 0) is 48.5 Å². The number of methoxy groups -OCH3 is 2. The molecule has 7 nitrogen and oxygen atoms in total. The average molecular weight is 434 g/mol. The zero-order chi connectivity index (χ0) is 22.7. The SMILES string of the molecule is COC(=O)c1ccc(OC2c3ccc(O)cc3OCC2C(=O)c2cccc(OC)c2)cc1. The van der Waals surface area contributed by atoms with Gasteiger partial charge < -0.3 is 24.1 Å². The molecular weight excluding hydrogens is 412 g/mol. The molecule has 0 saturated carbocycles. The molecule has 1 aliphatic heterocycles. The van der Waals surface area contributed by atoms with Crippen molar-refractivity contribution < 1.29 is 33.6 Å². The standard InChI is InChI=1S/C25H22O7/c1-29-19-5-3-4-16(12-19)23(27)21-14-31-22-13-17(26)8-11-20(22)24(21)32-18-9-6-15(7-10-18)25(28)30-2/h3-13,21,24,26H,14H2,1-2H3. The highest BCUT2D eigenvalue weighted by atomic mass is 16.5. The summed E-state index contributed by atoms with van der Waals surface area (Å²) in [6, 6.07) is 18.1. The second-order valence-corrected chi connectivity index (χ2v) is 7.29. The molecule has 1 aliphatic rings. The van der Waals surface area contributed by atoms with Gasteiger partial charge in [0.05, 0.1) is 25.7 Å². The van der Waals surface area contributed by atoms with Gasteiger partial charge in [-0.25, -0.2) is 4.79 Å². The lowest BCUT2D eigenvalue weighted by molar-refractivity contribution is 0.0516. The normalized spacial score (nSPS) is 16.9. The van der Waals surface area contributed by atoms with E-state index < -0.39 is 18.0 Å². The van der Waals surface area contributed by atoms with Crippen LogP contribution >= 0.6 is 0 Å². The first-order valence-electron chi connectivity index (χ1n) is 9.99. The maximum Gasteiger partial charge on any atom is 0.337 e. The minimum atomic E-state index is -0.665. The molecule has 1 heterocycles. The van der Waals surface area contributed by atoms with Crippen LogP contribution in [0.15, 0.2) is 66.7 Å². The van der Waals surface area contributed by atoms with E-state index in [1.807, 2.05) is 0 Å². The molecule has 0 aromatic heterocycles. The van der Waals surface area contributed by atoms with Gasteiger partial charge >= 0.3 is 5.97 Å². The summed E-state index contributed by atoms with van der Waals surface area (Å²) in [5.41, 5.74) is 1.52.